The van der Waals surface area contributed by atoms with Gasteiger partial charge in [0.15, 0.2) is 6.29 Å². The van der Waals surface area contributed by atoms with Crippen molar-refractivity contribution in [1.82, 2.24) is 4.57 Å². The minimum Gasteiger partial charge on any atom is -0.378 e. The minimum absolute atomic E-state index is 0.334. The van der Waals surface area contributed by atoms with E-state index >= 15 is 0 Å². The van der Waals surface area contributed by atoms with E-state index in [1.165, 1.54) is 5.69 Å². The van der Waals surface area contributed by atoms with E-state index in [0.29, 0.717) is 12.0 Å². The highest BCUT2D eigenvalue weighted by atomic mass is 16.5. The van der Waals surface area contributed by atoms with E-state index < -0.39 is 0 Å². The van der Waals surface area contributed by atoms with Gasteiger partial charge >= 0.3 is 0 Å². The van der Waals surface area contributed by atoms with Crippen molar-refractivity contribution in [2.45, 2.75) is 39.8 Å². The Kier molecular flexibility index (Phi) is 3.15. The Morgan fingerprint density at radius 2 is 2.31 bits per heavy atom. The molecule has 1 aliphatic heterocycles. The molecule has 0 bridgehead atoms. The molecule has 1 fully saturated rings. The highest BCUT2D eigenvalue weighted by Crippen LogP contribution is 2.24. The van der Waals surface area contributed by atoms with Crippen LogP contribution in [-0.4, -0.2) is 23.6 Å². The predicted molar refractivity (Wildman–Crippen MR) is 62.8 cm³/mol. The van der Waals surface area contributed by atoms with Crippen molar-refractivity contribution in [2.75, 3.05) is 6.61 Å². The Hall–Kier alpha value is -1.09. The van der Waals surface area contributed by atoms with Crippen molar-refractivity contribution in [3.8, 4) is 0 Å². The molecule has 0 radical (unpaired) electrons. The molecule has 0 saturated carbocycles. The number of nitrogens with zero attached hydrogens (tertiary/aromatic N) is 1. The fraction of sp³-hybridized carbons (Fsp3) is 0.615. The topological polar surface area (TPSA) is 31.2 Å². The van der Waals surface area contributed by atoms with Crippen molar-refractivity contribution < 1.29 is 9.53 Å². The first-order valence-corrected chi connectivity index (χ1v) is 5.87. The molecular weight excluding hydrogens is 202 g/mol. The Labute approximate surface area is 96.4 Å². The number of rotatable bonds is 3. The van der Waals surface area contributed by atoms with Gasteiger partial charge in [0.2, 0.25) is 0 Å². The van der Waals surface area contributed by atoms with E-state index in [4.69, 9.17) is 4.74 Å². The normalized spacial score (nSPS) is 24.9. The first kappa shape index (κ1) is 11.4. The van der Waals surface area contributed by atoms with E-state index in [1.54, 1.807) is 0 Å². The molecule has 2 atom stereocenters. The van der Waals surface area contributed by atoms with Crippen LogP contribution in [0, 0.1) is 19.8 Å². The fourth-order valence-corrected chi connectivity index (χ4v) is 2.48. The molecule has 3 nitrogen and oxygen atoms in total. The van der Waals surface area contributed by atoms with E-state index in [-0.39, 0.29) is 0 Å². The highest BCUT2D eigenvalue weighted by molar-refractivity contribution is 5.77. The van der Waals surface area contributed by atoms with Crippen LogP contribution in [-0.2, 0) is 11.3 Å². The highest BCUT2D eigenvalue weighted by Gasteiger charge is 2.25. The second-order valence-electron chi connectivity index (χ2n) is 4.68. The lowest BCUT2D eigenvalue weighted by Gasteiger charge is -2.17. The van der Waals surface area contributed by atoms with Crippen LogP contribution in [0.5, 0.6) is 0 Å². The number of aryl methyl sites for hydroxylation is 1. The van der Waals surface area contributed by atoms with Gasteiger partial charge in [-0.15, -0.1) is 0 Å². The number of aromatic nitrogens is 1. The summed E-state index contributed by atoms with van der Waals surface area (Å²) in [4.78, 5) is 10.9. The molecule has 2 unspecified atom stereocenters. The van der Waals surface area contributed by atoms with Crippen LogP contribution >= 0.6 is 0 Å². The molecule has 0 aliphatic carbocycles. The summed E-state index contributed by atoms with van der Waals surface area (Å²) in [5.41, 5.74) is 3.05. The number of aldehydes is 1. The van der Waals surface area contributed by atoms with Gasteiger partial charge in [0.25, 0.3) is 0 Å². The Morgan fingerprint density at radius 3 is 2.81 bits per heavy atom. The van der Waals surface area contributed by atoms with Crippen LogP contribution < -0.4 is 0 Å². The van der Waals surface area contributed by atoms with E-state index in [0.717, 1.165) is 37.1 Å². The van der Waals surface area contributed by atoms with Crippen LogP contribution in [0.1, 0.15) is 35.1 Å². The Morgan fingerprint density at radius 1 is 1.56 bits per heavy atom. The van der Waals surface area contributed by atoms with Gasteiger partial charge in [-0.25, -0.2) is 0 Å². The summed E-state index contributed by atoms with van der Waals surface area (Å²) >= 11 is 0. The van der Waals surface area contributed by atoms with Gasteiger partial charge < -0.3 is 9.30 Å². The Balaban J connectivity index is 2.20. The minimum atomic E-state index is 0.334. The smallest absolute Gasteiger partial charge is 0.151 e. The van der Waals surface area contributed by atoms with Crippen LogP contribution in [0.4, 0.5) is 0 Å². The molecule has 1 aromatic heterocycles. The number of carbonyl (C=O) groups excluding carboxylic acids is 1. The predicted octanol–water partition coefficient (Wildman–Crippen LogP) is 2.34. The molecule has 1 saturated heterocycles. The van der Waals surface area contributed by atoms with Gasteiger partial charge in [0.1, 0.15) is 0 Å². The SMILES string of the molecule is Cc1cc(C=O)c(C)n1CC1CCOC1C. The molecule has 0 amide bonds. The molecule has 3 heteroatoms. The van der Waals surface area contributed by atoms with Gasteiger partial charge in [-0.1, -0.05) is 0 Å². The van der Waals surface area contributed by atoms with Gasteiger partial charge in [-0.2, -0.15) is 0 Å². The van der Waals surface area contributed by atoms with Crippen molar-refractivity contribution in [3.63, 3.8) is 0 Å². The van der Waals surface area contributed by atoms with E-state index in [9.17, 15) is 4.79 Å². The first-order valence-electron chi connectivity index (χ1n) is 5.87. The molecule has 0 aromatic carbocycles. The van der Waals surface area contributed by atoms with E-state index in [2.05, 4.69) is 18.4 Å². The van der Waals surface area contributed by atoms with Crippen molar-refractivity contribution >= 4 is 6.29 Å². The first-order chi connectivity index (χ1) is 7.63. The second kappa shape index (κ2) is 4.42. The number of hydrogen-bond acceptors (Lipinski definition) is 2. The van der Waals surface area contributed by atoms with Gasteiger partial charge in [0.05, 0.1) is 6.10 Å². The molecule has 0 spiro atoms. The quantitative estimate of drug-likeness (QED) is 0.734. The summed E-state index contributed by atoms with van der Waals surface area (Å²) in [7, 11) is 0. The largest absolute Gasteiger partial charge is 0.378 e. The summed E-state index contributed by atoms with van der Waals surface area (Å²) < 4.78 is 7.80. The molecular formula is C13H19NO2. The molecule has 16 heavy (non-hydrogen) atoms. The summed E-state index contributed by atoms with van der Waals surface area (Å²) in [5.74, 6) is 0.573. The van der Waals surface area contributed by atoms with E-state index in [1.807, 2.05) is 13.0 Å². The summed E-state index contributed by atoms with van der Waals surface area (Å²) in [6.07, 6.45) is 2.39. The molecule has 2 heterocycles. The third kappa shape index (κ3) is 1.92. The van der Waals surface area contributed by atoms with Crippen molar-refractivity contribution in [2.24, 2.45) is 5.92 Å². The second-order valence-corrected chi connectivity index (χ2v) is 4.68. The zero-order valence-electron chi connectivity index (χ0n) is 10.2. The molecule has 1 aliphatic rings. The van der Waals surface area contributed by atoms with Crippen LogP contribution in [0.15, 0.2) is 6.07 Å². The maximum atomic E-state index is 10.9. The summed E-state index contributed by atoms with van der Waals surface area (Å²) in [5, 5.41) is 0. The standard InChI is InChI=1S/C13H19NO2/c1-9-6-13(8-15)10(2)14(9)7-12-4-5-16-11(12)3/h6,8,11-12H,4-5,7H2,1-3H3. The maximum absolute atomic E-state index is 10.9. The number of hydrogen-bond donors (Lipinski definition) is 0. The van der Waals surface area contributed by atoms with Crippen molar-refractivity contribution in [1.29, 1.82) is 0 Å². The van der Waals surface area contributed by atoms with Gasteiger partial charge in [-0.05, 0) is 33.3 Å². The van der Waals surface area contributed by atoms with Gasteiger partial charge in [-0.3, -0.25) is 4.79 Å². The molecule has 1 aromatic rings. The van der Waals surface area contributed by atoms with Gasteiger partial charge in [0, 0.05) is 36.0 Å². The number of ether oxygens (including phenoxy) is 1. The average Bonchev–Trinajstić information content (AvgIpc) is 2.77. The van der Waals surface area contributed by atoms with Crippen LogP contribution in [0.3, 0.4) is 0 Å². The zero-order chi connectivity index (χ0) is 11.7. The third-order valence-corrected chi connectivity index (χ3v) is 3.69. The summed E-state index contributed by atoms with van der Waals surface area (Å²) in [6, 6.07) is 1.96. The Bertz CT molecular complexity index is 395. The molecule has 88 valence electrons. The molecule has 0 N–H and O–H groups in total. The monoisotopic (exact) mass is 221 g/mol. The number of carbonyl (C=O) groups is 1. The lowest BCUT2D eigenvalue weighted by Crippen LogP contribution is -2.19. The fourth-order valence-electron chi connectivity index (χ4n) is 2.48. The zero-order valence-corrected chi connectivity index (χ0v) is 10.2. The average molecular weight is 221 g/mol. The lowest BCUT2D eigenvalue weighted by molar-refractivity contribution is 0.101. The lowest BCUT2D eigenvalue weighted by atomic mass is 10.0. The van der Waals surface area contributed by atoms with Crippen LogP contribution in [0.2, 0.25) is 0 Å². The van der Waals surface area contributed by atoms with Crippen LogP contribution in [0.25, 0.3) is 0 Å². The summed E-state index contributed by atoms with van der Waals surface area (Å²) in [6.45, 7) is 8.03. The maximum Gasteiger partial charge on any atom is 0.151 e. The third-order valence-electron chi connectivity index (χ3n) is 3.69. The molecule has 2 rings (SSSR count). The van der Waals surface area contributed by atoms with Crippen molar-refractivity contribution in [3.05, 3.63) is 23.0 Å².